The van der Waals surface area contributed by atoms with Crippen molar-refractivity contribution < 1.29 is 0 Å². The quantitative estimate of drug-likeness (QED) is 0.149. The predicted molar refractivity (Wildman–Crippen MR) is 471 cm³/mol. The average molecular weight is 1450 g/mol. The van der Waals surface area contributed by atoms with Crippen LogP contribution < -0.4 is 0 Å². The van der Waals surface area contributed by atoms with Gasteiger partial charge in [0.25, 0.3) is 0 Å². The Labute approximate surface area is 645 Å². The van der Waals surface area contributed by atoms with Crippen LogP contribution in [-0.2, 0) is 51.6 Å². The van der Waals surface area contributed by atoms with Gasteiger partial charge < -0.3 is 32.0 Å². The topological polar surface area (TPSA) is 112 Å². The summed E-state index contributed by atoms with van der Waals surface area (Å²) < 4.78 is 15.9. The SMILES string of the molecule is C.CC.CC.CC.CC.CC.CC.CC.CC(C)(C)n1ccc2c1CCCC2.CC(C)(C)n1ccc2ccccc21.CC(C)(C)n1ccc2cccnc21.CC(C)(C)n1ccc2ccncc21.CC(C)(C)n1ccc2cnccc21.CC(C)(C)n1ccc2cncnc21.CC(C)(C)n1ccc2ncccc21. The lowest BCUT2D eigenvalue weighted by atomic mass is 9.97. The highest BCUT2D eigenvalue weighted by Crippen LogP contribution is 2.30. The number of fused-ring (bicyclic) bond motifs is 7. The molecule has 0 saturated carbocycles. The lowest BCUT2D eigenvalue weighted by Gasteiger charge is -2.26. The highest BCUT2D eigenvalue weighted by Gasteiger charge is 2.22. The van der Waals surface area contributed by atoms with Crippen molar-refractivity contribution >= 4 is 65.8 Å². The maximum atomic E-state index is 4.37. The molecule has 0 radical (unpaired) electrons. The van der Waals surface area contributed by atoms with Gasteiger partial charge in [0.05, 0.1) is 28.3 Å². The van der Waals surface area contributed by atoms with Gasteiger partial charge >= 0.3 is 0 Å². The zero-order valence-electron chi connectivity index (χ0n) is 72.6. The Hall–Kier alpha value is -8.58. The number of aromatic nitrogens is 13. The largest absolute Gasteiger partial charge is 0.346 e. The molecule has 106 heavy (non-hydrogen) atoms. The van der Waals surface area contributed by atoms with Crippen LogP contribution in [0.25, 0.3) is 65.8 Å². The van der Waals surface area contributed by atoms with Gasteiger partial charge in [-0.2, -0.15) is 0 Å². The fourth-order valence-electron chi connectivity index (χ4n) is 11.5. The fourth-order valence-corrected chi connectivity index (χ4v) is 11.5. The molecule has 0 fully saturated rings. The van der Waals surface area contributed by atoms with Crippen molar-refractivity contribution in [2.75, 3.05) is 0 Å². The molecular formula is C93H149N13. The molecule has 12 heterocycles. The molecule has 0 bridgehead atoms. The highest BCUT2D eigenvalue weighted by atomic mass is 15.1. The van der Waals surface area contributed by atoms with E-state index in [1.165, 1.54) is 69.3 Å². The van der Waals surface area contributed by atoms with E-state index in [0.29, 0.717) is 0 Å². The van der Waals surface area contributed by atoms with Crippen LogP contribution in [0.1, 0.15) is 274 Å². The predicted octanol–water partition coefficient (Wildman–Crippen LogP) is 27.7. The number of benzene rings is 1. The van der Waals surface area contributed by atoms with Crippen LogP contribution >= 0.6 is 0 Å². The fraction of sp³-hybridized carbons (Fsp3) is 0.505. The van der Waals surface area contributed by atoms with Crippen LogP contribution in [0, 0.1) is 0 Å². The van der Waals surface area contributed by atoms with Crippen molar-refractivity contribution in [2.24, 2.45) is 0 Å². The van der Waals surface area contributed by atoms with Gasteiger partial charge in [0.2, 0.25) is 0 Å². The van der Waals surface area contributed by atoms with Crippen LogP contribution in [0.4, 0.5) is 0 Å². The molecule has 0 N–H and O–H groups in total. The van der Waals surface area contributed by atoms with Gasteiger partial charge in [-0.25, -0.2) is 15.0 Å². The first-order valence-corrected chi connectivity index (χ1v) is 39.3. The number of para-hydroxylation sites is 1. The zero-order valence-corrected chi connectivity index (χ0v) is 72.6. The molecule has 13 aromatic rings. The van der Waals surface area contributed by atoms with Gasteiger partial charge in [-0.05, 0) is 267 Å². The van der Waals surface area contributed by atoms with E-state index >= 15 is 0 Å². The summed E-state index contributed by atoms with van der Waals surface area (Å²) in [6, 6.07) is 35.6. The molecule has 1 aliphatic carbocycles. The van der Waals surface area contributed by atoms with Crippen LogP contribution in [0.5, 0.6) is 0 Å². The number of pyridine rings is 4. The second-order valence-electron chi connectivity index (χ2n) is 30.7. The molecule has 0 atom stereocenters. The van der Waals surface area contributed by atoms with Gasteiger partial charge in [0, 0.05) is 152 Å². The van der Waals surface area contributed by atoms with Crippen molar-refractivity contribution in [3.05, 3.63) is 207 Å². The third-order valence-corrected chi connectivity index (χ3v) is 16.1. The Balaban J connectivity index is 0.00000118. The summed E-state index contributed by atoms with van der Waals surface area (Å²) in [5.41, 5.74) is 12.3. The van der Waals surface area contributed by atoms with Crippen LogP contribution in [0.15, 0.2) is 196 Å². The molecule has 12 aromatic heterocycles. The normalized spacial score (nSPS) is 11.5. The van der Waals surface area contributed by atoms with Gasteiger partial charge in [0.1, 0.15) is 17.6 Å². The van der Waals surface area contributed by atoms with Crippen LogP contribution in [-0.4, -0.2) is 61.9 Å². The Morgan fingerprint density at radius 3 is 1.16 bits per heavy atom. The molecule has 0 saturated heterocycles. The number of hydrogen-bond donors (Lipinski definition) is 0. The maximum absolute atomic E-state index is 4.37. The Kier molecular flexibility index (Phi) is 42.1. The summed E-state index contributed by atoms with van der Waals surface area (Å²) in [6.45, 7) is 74.3. The number of hydrogen-bond acceptors (Lipinski definition) is 6. The molecule has 13 heteroatoms. The van der Waals surface area contributed by atoms with Gasteiger partial charge in [-0.15, -0.1) is 0 Å². The Morgan fingerprint density at radius 2 is 0.623 bits per heavy atom. The molecule has 0 spiro atoms. The Morgan fingerprint density at radius 1 is 0.264 bits per heavy atom. The molecule has 0 amide bonds. The van der Waals surface area contributed by atoms with E-state index in [0.717, 1.165) is 22.2 Å². The van der Waals surface area contributed by atoms with Crippen molar-refractivity contribution in [3.63, 3.8) is 0 Å². The number of aryl methyl sites for hydroxylation is 1. The van der Waals surface area contributed by atoms with E-state index in [-0.39, 0.29) is 46.2 Å². The summed E-state index contributed by atoms with van der Waals surface area (Å²) in [5, 5.41) is 6.08. The second kappa shape index (κ2) is 45.8. The number of nitrogens with zero attached hydrogens (tertiary/aromatic N) is 13. The summed E-state index contributed by atoms with van der Waals surface area (Å²) in [4.78, 5) is 25.1. The monoisotopic (exact) mass is 1450 g/mol. The van der Waals surface area contributed by atoms with E-state index in [2.05, 4.69) is 330 Å². The van der Waals surface area contributed by atoms with E-state index in [9.17, 15) is 0 Å². The average Bonchev–Trinajstić information content (AvgIpc) is 1.70. The number of rotatable bonds is 0. The first-order valence-electron chi connectivity index (χ1n) is 39.3. The van der Waals surface area contributed by atoms with Crippen LogP contribution in [0.2, 0.25) is 0 Å². The minimum absolute atomic E-state index is 0. The van der Waals surface area contributed by atoms with Crippen LogP contribution in [0.3, 0.4) is 0 Å². The molecule has 13 nitrogen and oxygen atoms in total. The summed E-state index contributed by atoms with van der Waals surface area (Å²) in [7, 11) is 0. The Bertz CT molecular complexity index is 3770. The molecule has 14 rings (SSSR count). The summed E-state index contributed by atoms with van der Waals surface area (Å²) in [6.07, 6.45) is 34.8. The molecule has 1 aromatic carbocycles. The van der Waals surface area contributed by atoms with E-state index in [1.807, 2.05) is 165 Å². The van der Waals surface area contributed by atoms with Gasteiger partial charge in [-0.3, -0.25) is 15.0 Å². The van der Waals surface area contributed by atoms with E-state index in [4.69, 9.17) is 0 Å². The second-order valence-corrected chi connectivity index (χ2v) is 30.7. The molecule has 1 aliphatic rings. The first kappa shape index (κ1) is 97.4. The maximum Gasteiger partial charge on any atom is 0.143 e. The lowest BCUT2D eigenvalue weighted by Crippen LogP contribution is -2.24. The van der Waals surface area contributed by atoms with Crippen molar-refractivity contribution in [1.82, 2.24) is 61.9 Å². The summed E-state index contributed by atoms with van der Waals surface area (Å²) in [5.74, 6) is 0. The molecule has 0 unspecified atom stereocenters. The first-order chi connectivity index (χ1) is 49.6. The van der Waals surface area contributed by atoms with E-state index in [1.54, 1.807) is 17.6 Å². The minimum Gasteiger partial charge on any atom is -0.346 e. The highest BCUT2D eigenvalue weighted by molar-refractivity contribution is 5.82. The molecule has 586 valence electrons. The third-order valence-electron chi connectivity index (χ3n) is 16.1. The lowest BCUT2D eigenvalue weighted by molar-refractivity contribution is 0.380. The smallest absolute Gasteiger partial charge is 0.143 e. The molecule has 0 aliphatic heterocycles. The zero-order chi connectivity index (χ0) is 80.3. The van der Waals surface area contributed by atoms with Crippen molar-refractivity contribution in [3.8, 4) is 0 Å². The summed E-state index contributed by atoms with van der Waals surface area (Å²) >= 11 is 0. The molecular weight excluding hydrogens is 1300 g/mol. The van der Waals surface area contributed by atoms with E-state index < -0.39 is 0 Å². The van der Waals surface area contributed by atoms with Crippen molar-refractivity contribution in [1.29, 1.82) is 0 Å². The standard InChI is InChI=1S/C12H19N.C12H15N.4C11H14N2.C10H13N3.7C2H6.CH4/c2*1-12(2,3)13-9-8-10-6-4-5-7-11(10)13;1-11(2,3)13-7-5-9-8-12-6-4-10(9)13;1-11(2,3)13-7-5-9-4-6-12-8-10(9)13;1-11(2,3)13-8-6-9-10(13)5-4-7-12-9;1-11(2,3)13-8-6-9-5-4-7-12-10(9)13;1-10(2,3)13-5-4-8-6-11-7-12-9(8)13;7*1-2;/h8-9H,4-7H2,1-3H3;4-9H,1-3H3;4*4-8H,1-3H3;4-7H,1-3H3;7*1-2H3;1H4. The third kappa shape index (κ3) is 28.3. The minimum atomic E-state index is 0. The van der Waals surface area contributed by atoms with Gasteiger partial charge in [0.15, 0.2) is 0 Å². The van der Waals surface area contributed by atoms with Crippen molar-refractivity contribution in [2.45, 2.75) is 314 Å². The van der Waals surface area contributed by atoms with Gasteiger partial charge in [-0.1, -0.05) is 123 Å².